The lowest BCUT2D eigenvalue weighted by Gasteiger charge is -2.14. The number of benzene rings is 1. The molecule has 0 saturated carbocycles. The van der Waals surface area contributed by atoms with Gasteiger partial charge in [0, 0.05) is 19.0 Å². The van der Waals surface area contributed by atoms with E-state index in [0.29, 0.717) is 12.5 Å². The molecule has 1 fully saturated rings. The summed E-state index contributed by atoms with van der Waals surface area (Å²) in [5, 5.41) is 6.38. The largest absolute Gasteiger partial charge is 0.356 e. The Labute approximate surface area is 103 Å². The molecule has 1 unspecified atom stereocenters. The Morgan fingerprint density at radius 1 is 1.29 bits per heavy atom. The summed E-state index contributed by atoms with van der Waals surface area (Å²) in [5.41, 5.74) is 1.35. The van der Waals surface area contributed by atoms with Gasteiger partial charge in [-0.2, -0.15) is 0 Å². The van der Waals surface area contributed by atoms with Gasteiger partial charge in [0.1, 0.15) is 0 Å². The zero-order valence-electron chi connectivity index (χ0n) is 10.1. The first-order chi connectivity index (χ1) is 8.34. The number of amides is 1. The second-order valence-electron chi connectivity index (χ2n) is 4.58. The molecule has 2 N–H and O–H groups in total. The molecule has 1 amide bonds. The third-order valence-electron chi connectivity index (χ3n) is 3.17. The average molecular weight is 232 g/mol. The highest BCUT2D eigenvalue weighted by Gasteiger charge is 2.16. The van der Waals surface area contributed by atoms with Gasteiger partial charge in [0.15, 0.2) is 0 Å². The predicted octanol–water partition coefficient (Wildman–Crippen LogP) is 1.49. The first-order valence-electron chi connectivity index (χ1n) is 6.38. The van der Waals surface area contributed by atoms with Crippen molar-refractivity contribution < 1.29 is 4.79 Å². The molecule has 1 saturated heterocycles. The lowest BCUT2D eigenvalue weighted by Crippen LogP contribution is -2.33. The van der Waals surface area contributed by atoms with Crippen molar-refractivity contribution in [2.24, 2.45) is 0 Å². The highest BCUT2D eigenvalue weighted by atomic mass is 16.1. The standard InChI is InChI=1S/C14H20N2O/c17-14-11-13(7-4-9-16-14)15-10-8-12-5-2-1-3-6-12/h1-3,5-6,13,15H,4,7-11H2,(H,16,17). The molecule has 0 spiro atoms. The van der Waals surface area contributed by atoms with Crippen molar-refractivity contribution in [3.63, 3.8) is 0 Å². The van der Waals surface area contributed by atoms with Crippen LogP contribution >= 0.6 is 0 Å². The number of carbonyl (C=O) groups excluding carboxylic acids is 1. The summed E-state index contributed by atoms with van der Waals surface area (Å²) >= 11 is 0. The van der Waals surface area contributed by atoms with Crippen LogP contribution in [0.15, 0.2) is 30.3 Å². The van der Waals surface area contributed by atoms with Crippen LogP contribution in [0.25, 0.3) is 0 Å². The Hall–Kier alpha value is -1.35. The first-order valence-corrected chi connectivity index (χ1v) is 6.38. The summed E-state index contributed by atoms with van der Waals surface area (Å²) in [6.45, 7) is 1.78. The van der Waals surface area contributed by atoms with E-state index in [0.717, 1.165) is 32.4 Å². The molecule has 0 aliphatic carbocycles. The van der Waals surface area contributed by atoms with Crippen molar-refractivity contribution in [1.29, 1.82) is 0 Å². The molecule has 92 valence electrons. The molecule has 1 atom stereocenters. The van der Waals surface area contributed by atoms with Crippen LogP contribution in [0, 0.1) is 0 Å². The lowest BCUT2D eigenvalue weighted by molar-refractivity contribution is -0.121. The number of hydrogen-bond acceptors (Lipinski definition) is 2. The fraction of sp³-hybridized carbons (Fsp3) is 0.500. The molecule has 1 aromatic rings. The van der Waals surface area contributed by atoms with E-state index in [4.69, 9.17) is 0 Å². The van der Waals surface area contributed by atoms with Crippen LogP contribution in [0.4, 0.5) is 0 Å². The Balaban J connectivity index is 1.72. The Bertz CT molecular complexity index is 350. The highest BCUT2D eigenvalue weighted by molar-refractivity contribution is 5.76. The third-order valence-corrected chi connectivity index (χ3v) is 3.17. The van der Waals surface area contributed by atoms with Crippen molar-refractivity contribution in [2.75, 3.05) is 13.1 Å². The molecule has 3 heteroatoms. The first kappa shape index (κ1) is 12.1. The molecule has 0 bridgehead atoms. The van der Waals surface area contributed by atoms with Crippen LogP contribution < -0.4 is 10.6 Å². The number of carbonyl (C=O) groups is 1. The van der Waals surface area contributed by atoms with Crippen molar-refractivity contribution in [3.8, 4) is 0 Å². The van der Waals surface area contributed by atoms with Gasteiger partial charge < -0.3 is 10.6 Å². The van der Waals surface area contributed by atoms with Crippen molar-refractivity contribution in [1.82, 2.24) is 10.6 Å². The Morgan fingerprint density at radius 3 is 2.94 bits per heavy atom. The number of nitrogens with one attached hydrogen (secondary N) is 2. The summed E-state index contributed by atoms with van der Waals surface area (Å²) in [6, 6.07) is 10.8. The van der Waals surface area contributed by atoms with Gasteiger partial charge in [-0.25, -0.2) is 0 Å². The van der Waals surface area contributed by atoms with Gasteiger partial charge in [0.25, 0.3) is 0 Å². The van der Waals surface area contributed by atoms with Crippen LogP contribution in [0.5, 0.6) is 0 Å². The summed E-state index contributed by atoms with van der Waals surface area (Å²) in [4.78, 5) is 11.4. The van der Waals surface area contributed by atoms with E-state index in [1.54, 1.807) is 0 Å². The summed E-state index contributed by atoms with van der Waals surface area (Å²) in [7, 11) is 0. The Morgan fingerprint density at radius 2 is 2.12 bits per heavy atom. The molecular weight excluding hydrogens is 212 g/mol. The summed E-state index contributed by atoms with van der Waals surface area (Å²) in [6.07, 6.45) is 3.82. The van der Waals surface area contributed by atoms with Crippen LogP contribution in [-0.2, 0) is 11.2 Å². The fourth-order valence-corrected chi connectivity index (χ4v) is 2.21. The second-order valence-corrected chi connectivity index (χ2v) is 4.58. The zero-order chi connectivity index (χ0) is 11.9. The SMILES string of the molecule is O=C1CC(NCCc2ccccc2)CCCN1. The van der Waals surface area contributed by atoms with Gasteiger partial charge in [-0.3, -0.25) is 4.79 Å². The van der Waals surface area contributed by atoms with Gasteiger partial charge >= 0.3 is 0 Å². The van der Waals surface area contributed by atoms with Gasteiger partial charge in [-0.15, -0.1) is 0 Å². The minimum atomic E-state index is 0.180. The molecule has 1 aliphatic heterocycles. The van der Waals surface area contributed by atoms with E-state index >= 15 is 0 Å². The molecular formula is C14H20N2O. The molecule has 1 aromatic carbocycles. The molecule has 2 rings (SSSR count). The van der Waals surface area contributed by atoms with E-state index < -0.39 is 0 Å². The highest BCUT2D eigenvalue weighted by Crippen LogP contribution is 2.06. The summed E-state index contributed by atoms with van der Waals surface area (Å²) < 4.78 is 0. The maximum absolute atomic E-state index is 11.4. The molecule has 1 heterocycles. The molecule has 17 heavy (non-hydrogen) atoms. The summed E-state index contributed by atoms with van der Waals surface area (Å²) in [5.74, 6) is 0.180. The van der Waals surface area contributed by atoms with Gasteiger partial charge in [-0.1, -0.05) is 30.3 Å². The van der Waals surface area contributed by atoms with Gasteiger partial charge in [0.2, 0.25) is 5.91 Å². The quantitative estimate of drug-likeness (QED) is 0.825. The molecule has 3 nitrogen and oxygen atoms in total. The van der Waals surface area contributed by atoms with Crippen LogP contribution in [-0.4, -0.2) is 25.0 Å². The normalized spacial score (nSPS) is 20.7. The fourth-order valence-electron chi connectivity index (χ4n) is 2.21. The van der Waals surface area contributed by atoms with Crippen molar-refractivity contribution in [2.45, 2.75) is 31.7 Å². The minimum Gasteiger partial charge on any atom is -0.356 e. The van der Waals surface area contributed by atoms with E-state index in [2.05, 4.69) is 34.9 Å². The van der Waals surface area contributed by atoms with E-state index in [1.165, 1.54) is 5.56 Å². The molecule has 0 aromatic heterocycles. The van der Waals surface area contributed by atoms with Crippen LogP contribution in [0.1, 0.15) is 24.8 Å². The lowest BCUT2D eigenvalue weighted by atomic mass is 10.1. The van der Waals surface area contributed by atoms with E-state index in [1.807, 2.05) is 6.07 Å². The maximum Gasteiger partial charge on any atom is 0.221 e. The third kappa shape index (κ3) is 4.19. The second kappa shape index (κ2) is 6.40. The Kier molecular flexibility index (Phi) is 4.56. The van der Waals surface area contributed by atoms with Gasteiger partial charge in [0.05, 0.1) is 0 Å². The van der Waals surface area contributed by atoms with Crippen LogP contribution in [0.2, 0.25) is 0 Å². The predicted molar refractivity (Wildman–Crippen MR) is 68.8 cm³/mol. The molecule has 1 aliphatic rings. The maximum atomic E-state index is 11.4. The van der Waals surface area contributed by atoms with Crippen molar-refractivity contribution >= 4 is 5.91 Å². The molecule has 0 radical (unpaired) electrons. The smallest absolute Gasteiger partial charge is 0.221 e. The van der Waals surface area contributed by atoms with Gasteiger partial charge in [-0.05, 0) is 31.4 Å². The van der Waals surface area contributed by atoms with Crippen molar-refractivity contribution in [3.05, 3.63) is 35.9 Å². The number of hydrogen-bond donors (Lipinski definition) is 2. The number of rotatable bonds is 4. The van der Waals surface area contributed by atoms with E-state index in [-0.39, 0.29) is 5.91 Å². The average Bonchev–Trinajstić information content (AvgIpc) is 2.55. The monoisotopic (exact) mass is 232 g/mol. The van der Waals surface area contributed by atoms with E-state index in [9.17, 15) is 4.79 Å². The minimum absolute atomic E-state index is 0.180. The zero-order valence-corrected chi connectivity index (χ0v) is 10.1. The van der Waals surface area contributed by atoms with Crippen LogP contribution in [0.3, 0.4) is 0 Å². The topological polar surface area (TPSA) is 41.1 Å².